The largest absolute Gasteiger partial charge is 0.494 e. The number of aryl methyl sites for hydroxylation is 1. The summed E-state index contributed by atoms with van der Waals surface area (Å²) in [5, 5.41) is 0. The van der Waals surface area contributed by atoms with Crippen molar-refractivity contribution >= 4 is 16.5 Å². The van der Waals surface area contributed by atoms with Crippen LogP contribution >= 0.6 is 0 Å². The van der Waals surface area contributed by atoms with Gasteiger partial charge in [0.2, 0.25) is 0 Å². The van der Waals surface area contributed by atoms with Crippen molar-refractivity contribution in [3.63, 3.8) is 0 Å². The molecule has 1 aromatic carbocycles. The second-order valence-corrected chi connectivity index (χ2v) is 5.81. The van der Waals surface area contributed by atoms with Gasteiger partial charge in [0.05, 0.1) is 33.7 Å². The van der Waals surface area contributed by atoms with Crippen LogP contribution in [0.15, 0.2) is 41.4 Å². The molecule has 1 unspecified atom stereocenters. The van der Waals surface area contributed by atoms with Crippen molar-refractivity contribution in [3.05, 3.63) is 47.8 Å². The molecular weight excluding hydrogens is 272 g/mol. The van der Waals surface area contributed by atoms with Crippen LogP contribution in [0, 0.1) is 6.92 Å². The number of hydrogen-bond donors (Lipinski definition) is 1. The first-order valence-corrected chi connectivity index (χ1v) is 7.75. The molecule has 4 nitrogen and oxygen atoms in total. The van der Waals surface area contributed by atoms with Crippen LogP contribution in [0.25, 0.3) is 0 Å². The van der Waals surface area contributed by atoms with Gasteiger partial charge in [-0.05, 0) is 43.7 Å². The third-order valence-electron chi connectivity index (χ3n) is 2.93. The summed E-state index contributed by atoms with van der Waals surface area (Å²) in [6, 6.07) is 9.08. The minimum Gasteiger partial charge on any atom is -0.494 e. The van der Waals surface area contributed by atoms with Gasteiger partial charge in [-0.15, -0.1) is 0 Å². The van der Waals surface area contributed by atoms with E-state index in [9.17, 15) is 4.21 Å². The molecule has 0 radical (unpaired) electrons. The standard InChI is InChI=1S/C15H18N2O2S/c1-3-19-12-6-7-13(16)15(9-12)20(18)10-14-11(2)5-4-8-17-14/h4-9H,3,10,16H2,1-2H3. The molecule has 5 heteroatoms. The van der Waals surface area contributed by atoms with Gasteiger partial charge in [-0.1, -0.05) is 6.07 Å². The zero-order chi connectivity index (χ0) is 14.5. The molecular formula is C15H18N2O2S. The molecule has 0 saturated heterocycles. The molecule has 0 aliphatic heterocycles. The van der Waals surface area contributed by atoms with Crippen molar-refractivity contribution in [2.24, 2.45) is 0 Å². The van der Waals surface area contributed by atoms with E-state index in [0.29, 0.717) is 28.7 Å². The minimum atomic E-state index is -1.24. The highest BCUT2D eigenvalue weighted by Gasteiger charge is 2.12. The Morgan fingerprint density at radius 2 is 2.15 bits per heavy atom. The van der Waals surface area contributed by atoms with Gasteiger partial charge < -0.3 is 10.5 Å². The van der Waals surface area contributed by atoms with E-state index in [0.717, 1.165) is 11.3 Å². The third-order valence-corrected chi connectivity index (χ3v) is 4.31. The van der Waals surface area contributed by atoms with Crippen LogP contribution in [-0.4, -0.2) is 15.8 Å². The van der Waals surface area contributed by atoms with Gasteiger partial charge in [-0.3, -0.25) is 9.19 Å². The molecule has 106 valence electrons. The summed E-state index contributed by atoms with van der Waals surface area (Å²) in [5.74, 6) is 1.04. The van der Waals surface area contributed by atoms with Gasteiger partial charge in [0.1, 0.15) is 5.75 Å². The Labute approximate surface area is 121 Å². The fourth-order valence-electron chi connectivity index (χ4n) is 1.84. The zero-order valence-electron chi connectivity index (χ0n) is 11.6. The van der Waals surface area contributed by atoms with Crippen LogP contribution in [0.3, 0.4) is 0 Å². The van der Waals surface area contributed by atoms with Crippen molar-refractivity contribution in [1.29, 1.82) is 0 Å². The summed E-state index contributed by atoms with van der Waals surface area (Å²) < 4.78 is 17.9. The molecule has 2 aromatic rings. The summed E-state index contributed by atoms with van der Waals surface area (Å²) in [6.45, 7) is 4.43. The first kappa shape index (κ1) is 14.5. The van der Waals surface area contributed by atoms with Crippen molar-refractivity contribution in [2.75, 3.05) is 12.3 Å². The summed E-state index contributed by atoms with van der Waals surface area (Å²) in [7, 11) is -1.24. The average molecular weight is 290 g/mol. The quantitative estimate of drug-likeness (QED) is 0.860. The summed E-state index contributed by atoms with van der Waals surface area (Å²) in [6.07, 6.45) is 1.71. The maximum absolute atomic E-state index is 12.5. The van der Waals surface area contributed by atoms with Crippen molar-refractivity contribution < 1.29 is 8.95 Å². The molecule has 0 aliphatic rings. The lowest BCUT2D eigenvalue weighted by Gasteiger charge is -2.10. The summed E-state index contributed by atoms with van der Waals surface area (Å²) >= 11 is 0. The smallest absolute Gasteiger partial charge is 0.120 e. The second-order valence-electron chi connectivity index (χ2n) is 4.39. The fourth-order valence-corrected chi connectivity index (χ4v) is 3.12. The van der Waals surface area contributed by atoms with E-state index in [1.807, 2.05) is 26.0 Å². The number of pyridine rings is 1. The summed E-state index contributed by atoms with van der Waals surface area (Å²) in [4.78, 5) is 4.87. The Morgan fingerprint density at radius 3 is 2.85 bits per heavy atom. The first-order chi connectivity index (χ1) is 9.61. The SMILES string of the molecule is CCOc1ccc(N)c(S(=O)Cc2ncccc2C)c1. The molecule has 0 amide bonds. The van der Waals surface area contributed by atoms with Gasteiger partial charge >= 0.3 is 0 Å². The van der Waals surface area contributed by atoms with Crippen LogP contribution in [-0.2, 0) is 16.6 Å². The Balaban J connectivity index is 2.25. The Hall–Kier alpha value is -1.88. The molecule has 2 rings (SSSR count). The maximum Gasteiger partial charge on any atom is 0.120 e. The van der Waals surface area contributed by atoms with Crippen LogP contribution < -0.4 is 10.5 Å². The van der Waals surface area contributed by atoms with E-state index >= 15 is 0 Å². The number of rotatable bonds is 5. The molecule has 1 aromatic heterocycles. The van der Waals surface area contributed by atoms with Crippen LogP contribution in [0.2, 0.25) is 0 Å². The van der Waals surface area contributed by atoms with Crippen molar-refractivity contribution in [2.45, 2.75) is 24.5 Å². The molecule has 0 bridgehead atoms. The fraction of sp³-hybridized carbons (Fsp3) is 0.267. The van der Waals surface area contributed by atoms with Crippen LogP contribution in [0.1, 0.15) is 18.2 Å². The van der Waals surface area contributed by atoms with E-state index in [1.165, 1.54) is 0 Å². The number of nitrogens with zero attached hydrogens (tertiary/aromatic N) is 1. The molecule has 0 saturated carbocycles. The molecule has 0 aliphatic carbocycles. The molecule has 0 fully saturated rings. The lowest BCUT2D eigenvalue weighted by Crippen LogP contribution is -2.04. The normalized spacial score (nSPS) is 12.1. The number of benzene rings is 1. The summed E-state index contributed by atoms with van der Waals surface area (Å²) in [5.41, 5.74) is 8.28. The highest BCUT2D eigenvalue weighted by molar-refractivity contribution is 7.84. The number of hydrogen-bond acceptors (Lipinski definition) is 4. The number of aromatic nitrogens is 1. The number of nitrogens with two attached hydrogens (primary N) is 1. The molecule has 1 atom stereocenters. The number of nitrogen functional groups attached to an aromatic ring is 1. The lowest BCUT2D eigenvalue weighted by molar-refractivity contribution is 0.339. The Morgan fingerprint density at radius 1 is 1.35 bits per heavy atom. The number of ether oxygens (including phenoxy) is 1. The molecule has 1 heterocycles. The first-order valence-electron chi connectivity index (χ1n) is 6.43. The monoisotopic (exact) mass is 290 g/mol. The van der Waals surface area contributed by atoms with Gasteiger partial charge in [0, 0.05) is 11.9 Å². The molecule has 2 N–H and O–H groups in total. The zero-order valence-corrected chi connectivity index (χ0v) is 12.4. The van der Waals surface area contributed by atoms with E-state index in [4.69, 9.17) is 10.5 Å². The Kier molecular flexibility index (Phi) is 4.74. The average Bonchev–Trinajstić information content (AvgIpc) is 2.43. The second kappa shape index (κ2) is 6.52. The van der Waals surface area contributed by atoms with Crippen LogP contribution in [0.5, 0.6) is 5.75 Å². The maximum atomic E-state index is 12.5. The van der Waals surface area contributed by atoms with Gasteiger partial charge in [-0.2, -0.15) is 0 Å². The molecule has 20 heavy (non-hydrogen) atoms. The van der Waals surface area contributed by atoms with E-state index < -0.39 is 10.8 Å². The van der Waals surface area contributed by atoms with Crippen LogP contribution in [0.4, 0.5) is 5.69 Å². The predicted molar refractivity (Wildman–Crippen MR) is 81.1 cm³/mol. The third kappa shape index (κ3) is 3.36. The Bertz CT molecular complexity index is 629. The van der Waals surface area contributed by atoms with Gasteiger partial charge in [0.25, 0.3) is 0 Å². The van der Waals surface area contributed by atoms with E-state index in [1.54, 1.807) is 24.4 Å². The molecule has 0 spiro atoms. The lowest BCUT2D eigenvalue weighted by atomic mass is 10.2. The highest BCUT2D eigenvalue weighted by Crippen LogP contribution is 2.24. The predicted octanol–water partition coefficient (Wildman–Crippen LogP) is 2.68. The van der Waals surface area contributed by atoms with E-state index in [-0.39, 0.29) is 0 Å². The van der Waals surface area contributed by atoms with Gasteiger partial charge in [0.15, 0.2) is 0 Å². The highest BCUT2D eigenvalue weighted by atomic mass is 32.2. The number of anilines is 1. The van der Waals surface area contributed by atoms with Crippen molar-refractivity contribution in [3.8, 4) is 5.75 Å². The van der Waals surface area contributed by atoms with Gasteiger partial charge in [-0.25, -0.2) is 0 Å². The van der Waals surface area contributed by atoms with E-state index in [2.05, 4.69) is 4.98 Å². The minimum absolute atomic E-state index is 0.354. The topological polar surface area (TPSA) is 65.2 Å². The van der Waals surface area contributed by atoms with Crippen molar-refractivity contribution in [1.82, 2.24) is 4.98 Å².